The Bertz CT molecular complexity index is 609. The molecule has 0 heterocycles. The van der Waals surface area contributed by atoms with Crippen LogP contribution in [0.2, 0.25) is 0 Å². The van der Waals surface area contributed by atoms with Gasteiger partial charge in [-0.1, -0.05) is 54.6 Å². The topological polar surface area (TPSA) is 32.3 Å². The summed E-state index contributed by atoms with van der Waals surface area (Å²) in [6.45, 7) is 1.67. The lowest BCUT2D eigenvalue weighted by Gasteiger charge is -2.31. The number of amides is 2. The summed E-state index contributed by atoms with van der Waals surface area (Å²) in [5, 5.41) is 2.71. The van der Waals surface area contributed by atoms with Crippen molar-refractivity contribution in [1.29, 1.82) is 0 Å². The van der Waals surface area contributed by atoms with Crippen LogP contribution in [0.25, 0.3) is 5.70 Å². The van der Waals surface area contributed by atoms with E-state index in [2.05, 4.69) is 5.32 Å². The molecule has 0 bridgehead atoms. The molecule has 1 fully saturated rings. The Morgan fingerprint density at radius 1 is 1.26 bits per heavy atom. The number of aryl methyl sites for hydroxylation is 1. The molecular formula is C17H21Cl2FN2O. The zero-order valence-electron chi connectivity index (χ0n) is 13.3. The van der Waals surface area contributed by atoms with Crippen molar-refractivity contribution in [3.63, 3.8) is 0 Å². The highest BCUT2D eigenvalue weighted by Gasteiger charge is 2.23. The molecular weight excluding hydrogens is 338 g/mol. The van der Waals surface area contributed by atoms with E-state index >= 15 is 0 Å². The van der Waals surface area contributed by atoms with E-state index in [1.807, 2.05) is 0 Å². The van der Waals surface area contributed by atoms with Crippen LogP contribution in [0.4, 0.5) is 9.18 Å². The first-order chi connectivity index (χ1) is 10.9. The molecule has 126 valence electrons. The fourth-order valence-corrected chi connectivity index (χ4v) is 3.12. The molecule has 1 aliphatic carbocycles. The van der Waals surface area contributed by atoms with Gasteiger partial charge in [0.25, 0.3) is 0 Å². The van der Waals surface area contributed by atoms with Crippen molar-refractivity contribution in [2.24, 2.45) is 0 Å². The van der Waals surface area contributed by atoms with Gasteiger partial charge in [-0.2, -0.15) is 0 Å². The minimum Gasteiger partial charge on any atom is -0.325 e. The van der Waals surface area contributed by atoms with Gasteiger partial charge in [0.1, 0.15) is 10.3 Å². The van der Waals surface area contributed by atoms with Crippen molar-refractivity contribution in [2.75, 3.05) is 7.05 Å². The van der Waals surface area contributed by atoms with Crippen LogP contribution in [0.5, 0.6) is 0 Å². The molecule has 2 rings (SSSR count). The van der Waals surface area contributed by atoms with E-state index in [1.54, 1.807) is 31.0 Å². The second-order valence-corrected chi connectivity index (χ2v) is 6.88. The number of carbonyl (C=O) groups excluding carboxylic acids is 1. The van der Waals surface area contributed by atoms with Crippen molar-refractivity contribution in [3.05, 3.63) is 39.6 Å². The maximum absolute atomic E-state index is 13.8. The lowest BCUT2D eigenvalue weighted by Crippen LogP contribution is -2.43. The summed E-state index contributed by atoms with van der Waals surface area (Å²) in [5.74, 6) is -0.371. The molecule has 1 aliphatic rings. The minimum absolute atomic E-state index is 0.0985. The number of hydrogen-bond acceptors (Lipinski definition) is 1. The van der Waals surface area contributed by atoms with Crippen LogP contribution in [-0.4, -0.2) is 24.0 Å². The van der Waals surface area contributed by atoms with E-state index in [0.29, 0.717) is 11.1 Å². The Labute approximate surface area is 146 Å². The van der Waals surface area contributed by atoms with Crippen LogP contribution in [0.1, 0.15) is 43.2 Å². The summed E-state index contributed by atoms with van der Waals surface area (Å²) in [6, 6.07) is 4.55. The van der Waals surface area contributed by atoms with E-state index in [4.69, 9.17) is 23.2 Å². The highest BCUT2D eigenvalue weighted by molar-refractivity contribution is 6.58. The molecule has 0 aromatic heterocycles. The van der Waals surface area contributed by atoms with Crippen molar-refractivity contribution in [3.8, 4) is 0 Å². The summed E-state index contributed by atoms with van der Waals surface area (Å²) in [5.41, 5.74) is 1.18. The fourth-order valence-electron chi connectivity index (χ4n) is 2.81. The molecule has 0 saturated heterocycles. The van der Waals surface area contributed by atoms with Crippen LogP contribution in [-0.2, 0) is 0 Å². The number of nitrogens with one attached hydrogen (secondary N) is 1. The predicted octanol–water partition coefficient (Wildman–Crippen LogP) is 5.21. The molecule has 1 saturated carbocycles. The van der Waals surface area contributed by atoms with Gasteiger partial charge in [0.05, 0.1) is 5.70 Å². The van der Waals surface area contributed by atoms with Gasteiger partial charge < -0.3 is 10.2 Å². The van der Waals surface area contributed by atoms with E-state index < -0.39 is 0 Å². The average molecular weight is 359 g/mol. The van der Waals surface area contributed by atoms with Crippen LogP contribution < -0.4 is 5.32 Å². The largest absolute Gasteiger partial charge is 0.325 e. The van der Waals surface area contributed by atoms with Crippen LogP contribution >= 0.6 is 23.2 Å². The fraction of sp³-hybridized carbons (Fsp3) is 0.471. The standard InChI is InChI=1S/C17H21Cl2FN2O/c1-11-8-9-12(10-14(11)20)15(16(18)19)21-17(23)22(2)13-6-4-3-5-7-13/h8-10,13H,3-7H2,1-2H3,(H,21,23). The van der Waals surface area contributed by atoms with Crippen molar-refractivity contribution < 1.29 is 9.18 Å². The molecule has 2 amide bonds. The lowest BCUT2D eigenvalue weighted by atomic mass is 9.95. The van der Waals surface area contributed by atoms with Gasteiger partial charge in [0, 0.05) is 18.7 Å². The molecule has 0 unspecified atom stereocenters. The Balaban J connectivity index is 2.14. The van der Waals surface area contributed by atoms with Gasteiger partial charge in [-0.05, 0) is 31.4 Å². The molecule has 3 nitrogen and oxygen atoms in total. The molecule has 1 N–H and O–H groups in total. The Kier molecular flexibility index (Phi) is 6.31. The highest BCUT2D eigenvalue weighted by Crippen LogP contribution is 2.25. The third kappa shape index (κ3) is 4.61. The summed E-state index contributed by atoms with van der Waals surface area (Å²) in [7, 11) is 1.76. The normalized spacial score (nSPS) is 15.2. The molecule has 0 atom stereocenters. The van der Waals surface area contributed by atoms with Crippen molar-refractivity contribution in [1.82, 2.24) is 10.2 Å². The van der Waals surface area contributed by atoms with Gasteiger partial charge >= 0.3 is 6.03 Å². The van der Waals surface area contributed by atoms with Crippen LogP contribution in [0.3, 0.4) is 0 Å². The quantitative estimate of drug-likeness (QED) is 0.789. The number of halogens is 3. The number of rotatable bonds is 3. The Morgan fingerprint density at radius 2 is 1.91 bits per heavy atom. The maximum Gasteiger partial charge on any atom is 0.321 e. The summed E-state index contributed by atoms with van der Waals surface area (Å²) in [4.78, 5) is 14.1. The smallest absolute Gasteiger partial charge is 0.321 e. The Hall–Kier alpha value is -1.26. The first-order valence-electron chi connectivity index (χ1n) is 7.75. The molecule has 1 aromatic carbocycles. The molecule has 1 aromatic rings. The SMILES string of the molecule is Cc1ccc(C(NC(=O)N(C)C2CCCCC2)=C(Cl)Cl)cc1F. The molecule has 6 heteroatoms. The number of hydrogen-bond donors (Lipinski definition) is 1. The van der Waals surface area contributed by atoms with E-state index in [0.717, 1.165) is 25.7 Å². The van der Waals surface area contributed by atoms with E-state index in [-0.39, 0.29) is 28.1 Å². The number of nitrogens with zero attached hydrogens (tertiary/aromatic N) is 1. The van der Waals surface area contributed by atoms with Crippen LogP contribution in [0, 0.1) is 12.7 Å². The zero-order valence-corrected chi connectivity index (χ0v) is 14.8. The molecule has 23 heavy (non-hydrogen) atoms. The zero-order chi connectivity index (χ0) is 17.0. The molecule has 0 radical (unpaired) electrons. The van der Waals surface area contributed by atoms with Gasteiger partial charge in [-0.3, -0.25) is 0 Å². The van der Waals surface area contributed by atoms with E-state index in [9.17, 15) is 9.18 Å². The first kappa shape index (κ1) is 18.1. The van der Waals surface area contributed by atoms with Crippen molar-refractivity contribution in [2.45, 2.75) is 45.1 Å². The number of benzene rings is 1. The predicted molar refractivity (Wildman–Crippen MR) is 92.9 cm³/mol. The lowest BCUT2D eigenvalue weighted by molar-refractivity contribution is 0.177. The van der Waals surface area contributed by atoms with Gasteiger partial charge in [-0.25, -0.2) is 9.18 Å². The second-order valence-electron chi connectivity index (χ2n) is 5.93. The monoisotopic (exact) mass is 358 g/mol. The van der Waals surface area contributed by atoms with E-state index in [1.165, 1.54) is 12.5 Å². The van der Waals surface area contributed by atoms with Gasteiger partial charge in [0.2, 0.25) is 0 Å². The number of carbonyl (C=O) groups is 1. The summed E-state index contributed by atoms with van der Waals surface area (Å²) in [6.07, 6.45) is 5.47. The first-order valence-corrected chi connectivity index (χ1v) is 8.51. The third-order valence-corrected chi connectivity index (χ3v) is 4.70. The molecule has 0 spiro atoms. The number of urea groups is 1. The van der Waals surface area contributed by atoms with Crippen molar-refractivity contribution >= 4 is 34.9 Å². The summed E-state index contributed by atoms with van der Waals surface area (Å²) >= 11 is 11.8. The second kappa shape index (κ2) is 8.02. The van der Waals surface area contributed by atoms with Crippen LogP contribution in [0.15, 0.2) is 22.7 Å². The molecule has 0 aliphatic heterocycles. The maximum atomic E-state index is 13.8. The average Bonchev–Trinajstić information content (AvgIpc) is 2.55. The third-order valence-electron chi connectivity index (χ3n) is 4.32. The minimum atomic E-state index is -0.371. The summed E-state index contributed by atoms with van der Waals surface area (Å²) < 4.78 is 13.7. The highest BCUT2D eigenvalue weighted by atomic mass is 35.5. The van der Waals surface area contributed by atoms with Gasteiger partial charge in [0.15, 0.2) is 0 Å². The van der Waals surface area contributed by atoms with Gasteiger partial charge in [-0.15, -0.1) is 0 Å². The Morgan fingerprint density at radius 3 is 2.48 bits per heavy atom.